The van der Waals surface area contributed by atoms with Gasteiger partial charge in [0.1, 0.15) is 0 Å². The van der Waals surface area contributed by atoms with Gasteiger partial charge in [-0.1, -0.05) is 133 Å². The predicted octanol–water partition coefficient (Wildman–Crippen LogP) is 6.76. The molecule has 0 aromatic heterocycles. The van der Waals surface area contributed by atoms with Crippen molar-refractivity contribution in [2.45, 2.75) is 6.16 Å². The highest BCUT2D eigenvalue weighted by atomic mass is 35.5. The zero-order valence-electron chi connectivity index (χ0n) is 17.3. The van der Waals surface area contributed by atoms with E-state index >= 15 is 0 Å². The lowest BCUT2D eigenvalue weighted by molar-refractivity contribution is 1.43. The fourth-order valence-corrected chi connectivity index (χ4v) is 8.73. The second kappa shape index (κ2) is 9.48. The molecule has 0 saturated heterocycles. The molecule has 0 unspecified atom stereocenters. The second-order valence-corrected chi connectivity index (χ2v) is 11.1. The van der Waals surface area contributed by atoms with Crippen LogP contribution in [0.2, 0.25) is 0 Å². The molecule has 0 spiro atoms. The van der Waals surface area contributed by atoms with Crippen LogP contribution in [0.3, 0.4) is 0 Å². The van der Waals surface area contributed by atoms with E-state index in [0.29, 0.717) is 0 Å². The van der Waals surface area contributed by atoms with Gasteiger partial charge in [0.2, 0.25) is 0 Å². The molecule has 5 aromatic carbocycles. The third-order valence-corrected chi connectivity index (χ3v) is 10.2. The van der Waals surface area contributed by atoms with E-state index in [4.69, 9.17) is 0 Å². The normalized spacial score (nSPS) is 11.1. The zero-order valence-corrected chi connectivity index (χ0v) is 19.0. The summed E-state index contributed by atoms with van der Waals surface area (Å²) >= 11 is 0. The molecule has 5 rings (SSSR count). The summed E-state index contributed by atoms with van der Waals surface area (Å²) in [7, 11) is -1.88. The van der Waals surface area contributed by atoms with Crippen LogP contribution in [0.4, 0.5) is 0 Å². The monoisotopic (exact) mass is 439 g/mol. The number of benzene rings is 5. The van der Waals surface area contributed by atoms with E-state index in [1.165, 1.54) is 32.2 Å². The van der Waals surface area contributed by atoms with Crippen LogP contribution >= 0.6 is 19.7 Å². The van der Waals surface area contributed by atoms with Gasteiger partial charge in [-0.2, -0.15) is 0 Å². The summed E-state index contributed by atoms with van der Waals surface area (Å²) in [5.74, 6) is 0. The van der Waals surface area contributed by atoms with Gasteiger partial charge < -0.3 is 0 Å². The summed E-state index contributed by atoms with van der Waals surface area (Å²) in [6.45, 7) is 0. The van der Waals surface area contributed by atoms with Crippen molar-refractivity contribution in [3.63, 3.8) is 0 Å². The molecule has 5 aromatic rings. The lowest BCUT2D eigenvalue weighted by atomic mass is 10.1. The zero-order chi connectivity index (χ0) is 20.2. The van der Waals surface area contributed by atoms with Crippen molar-refractivity contribution in [1.29, 1.82) is 0 Å². The molecule has 0 aliphatic heterocycles. The number of halogens is 1. The molecule has 31 heavy (non-hydrogen) atoms. The fraction of sp³-hybridized carbons (Fsp3) is 0.0345. The molecule has 0 fully saturated rings. The summed E-state index contributed by atoms with van der Waals surface area (Å²) in [5, 5.41) is 6.94. The van der Waals surface area contributed by atoms with Gasteiger partial charge in [0.05, 0.1) is 0 Å². The minimum absolute atomic E-state index is 0. The average Bonchev–Trinajstić information content (AvgIpc) is 2.84. The average molecular weight is 440 g/mol. The van der Waals surface area contributed by atoms with E-state index in [1.54, 1.807) is 0 Å². The van der Waals surface area contributed by atoms with Crippen LogP contribution in [-0.4, -0.2) is 0 Å². The maximum atomic E-state index is 2.32. The maximum absolute atomic E-state index is 2.32. The molecule has 0 amide bonds. The van der Waals surface area contributed by atoms with E-state index in [-0.39, 0.29) is 12.4 Å². The van der Waals surface area contributed by atoms with E-state index in [2.05, 4.69) is 133 Å². The Bertz CT molecular complexity index is 1150. The molecule has 0 atom stereocenters. The second-order valence-electron chi connectivity index (χ2n) is 7.61. The quantitative estimate of drug-likeness (QED) is 0.265. The number of fused-ring (bicyclic) bond motifs is 1. The Labute approximate surface area is 191 Å². The maximum Gasteiger partial charge on any atom is 0.00125 e. The smallest absolute Gasteiger partial charge is 0.00125 e. The largest absolute Gasteiger partial charge is 0.147 e. The number of rotatable bonds is 5. The van der Waals surface area contributed by atoms with Crippen LogP contribution in [0.15, 0.2) is 133 Å². The van der Waals surface area contributed by atoms with Crippen LogP contribution < -0.4 is 15.9 Å². The minimum Gasteiger partial charge on any atom is -0.147 e. The van der Waals surface area contributed by atoms with E-state index in [0.717, 1.165) is 6.16 Å². The van der Waals surface area contributed by atoms with Crippen LogP contribution in [0, 0.1) is 0 Å². The van der Waals surface area contributed by atoms with Crippen LogP contribution in [0.5, 0.6) is 0 Å². The van der Waals surface area contributed by atoms with Gasteiger partial charge in [0.15, 0.2) is 0 Å². The third kappa shape index (κ3) is 4.02. The molecule has 0 N–H and O–H groups in total. The SMILES string of the molecule is Cl.c1ccc([P](Cc2cccc3ccccc23)(c2ccccc2)c2ccccc2)cc1. The first-order valence-corrected chi connectivity index (χ1v) is 12.4. The molecule has 0 nitrogen and oxygen atoms in total. The Kier molecular flexibility index (Phi) is 6.52. The summed E-state index contributed by atoms with van der Waals surface area (Å²) in [4.78, 5) is 0. The molecule has 0 saturated carbocycles. The third-order valence-electron chi connectivity index (χ3n) is 5.88. The molecule has 1 radical (unpaired) electrons. The molecule has 2 heteroatoms. The summed E-state index contributed by atoms with van der Waals surface area (Å²) in [6, 6.07) is 48.8. The molecule has 0 heterocycles. The van der Waals surface area contributed by atoms with Crippen molar-refractivity contribution >= 4 is 46.4 Å². The van der Waals surface area contributed by atoms with Gasteiger partial charge in [-0.3, -0.25) is 0 Å². The van der Waals surface area contributed by atoms with Crippen molar-refractivity contribution in [2.24, 2.45) is 0 Å². The lowest BCUT2D eigenvalue weighted by Crippen LogP contribution is -2.32. The van der Waals surface area contributed by atoms with Gasteiger partial charge in [0, 0.05) is 6.16 Å². The Hall–Kier alpha value is -2.92. The Morgan fingerprint density at radius 3 is 1.35 bits per heavy atom. The highest BCUT2D eigenvalue weighted by Crippen LogP contribution is 2.58. The summed E-state index contributed by atoms with van der Waals surface area (Å²) in [5.41, 5.74) is 1.41. The van der Waals surface area contributed by atoms with E-state index in [9.17, 15) is 0 Å². The highest BCUT2D eigenvalue weighted by molar-refractivity contribution is 7.95. The molecule has 0 aliphatic carbocycles. The van der Waals surface area contributed by atoms with Crippen LogP contribution in [0.1, 0.15) is 5.56 Å². The van der Waals surface area contributed by atoms with Gasteiger partial charge >= 0.3 is 0 Å². The van der Waals surface area contributed by atoms with Crippen molar-refractivity contribution in [2.75, 3.05) is 0 Å². The van der Waals surface area contributed by atoms with Crippen molar-refractivity contribution in [1.82, 2.24) is 0 Å². The Morgan fingerprint density at radius 2 is 0.839 bits per heavy atom. The van der Waals surface area contributed by atoms with Crippen LogP contribution in [-0.2, 0) is 6.16 Å². The van der Waals surface area contributed by atoms with E-state index < -0.39 is 7.26 Å². The summed E-state index contributed by atoms with van der Waals surface area (Å²) < 4.78 is 0. The first-order chi connectivity index (χ1) is 14.9. The van der Waals surface area contributed by atoms with Gasteiger partial charge in [0.25, 0.3) is 0 Å². The van der Waals surface area contributed by atoms with Crippen molar-refractivity contribution < 1.29 is 0 Å². The first kappa shape index (κ1) is 21.3. The predicted molar refractivity (Wildman–Crippen MR) is 140 cm³/mol. The Morgan fingerprint density at radius 1 is 0.419 bits per heavy atom. The van der Waals surface area contributed by atoms with E-state index in [1.807, 2.05) is 0 Å². The standard InChI is InChI=1S/C29H24P.ClH/c1-4-16-26(17-5-1)30(27-18-6-2-7-19-27,28-20-8-3-9-21-28)23-25-15-12-14-24-13-10-11-22-29(24)25;/h1-22H,23H2;1H. The molecular weight excluding hydrogens is 415 g/mol. The number of hydrogen-bond acceptors (Lipinski definition) is 0. The van der Waals surface area contributed by atoms with Crippen molar-refractivity contribution in [3.8, 4) is 0 Å². The molecule has 0 bridgehead atoms. The van der Waals surface area contributed by atoms with Gasteiger partial charge in [-0.15, -0.1) is 12.4 Å². The minimum atomic E-state index is -1.88. The van der Waals surface area contributed by atoms with Crippen LogP contribution in [0.25, 0.3) is 10.8 Å². The molecule has 0 aliphatic rings. The molecular formula is C29H25ClP. The van der Waals surface area contributed by atoms with Gasteiger partial charge in [-0.05, 0) is 39.5 Å². The fourth-order valence-electron chi connectivity index (χ4n) is 4.45. The van der Waals surface area contributed by atoms with Crippen molar-refractivity contribution in [3.05, 3.63) is 139 Å². The topological polar surface area (TPSA) is 0 Å². The van der Waals surface area contributed by atoms with Gasteiger partial charge in [-0.25, -0.2) is 0 Å². The molecule has 153 valence electrons. The Balaban J connectivity index is 0.00000231. The number of hydrogen-bond donors (Lipinski definition) is 0. The first-order valence-electron chi connectivity index (χ1n) is 10.4. The summed E-state index contributed by atoms with van der Waals surface area (Å²) in [6.07, 6.45) is 1.01. The lowest BCUT2D eigenvalue weighted by Gasteiger charge is -2.39. The highest BCUT2D eigenvalue weighted by Gasteiger charge is 2.34.